The van der Waals surface area contributed by atoms with E-state index in [2.05, 4.69) is 35.3 Å². The zero-order valence-electron chi connectivity index (χ0n) is 33.5. The van der Waals surface area contributed by atoms with Crippen molar-refractivity contribution in [3.63, 3.8) is 0 Å². The van der Waals surface area contributed by atoms with Gasteiger partial charge >= 0.3 is 0 Å². The highest BCUT2D eigenvalue weighted by Gasteiger charge is 2.27. The second-order valence-electron chi connectivity index (χ2n) is 15.1. The third-order valence-corrected chi connectivity index (χ3v) is 13.9. The van der Waals surface area contributed by atoms with Crippen molar-refractivity contribution in [2.24, 2.45) is 0 Å². The minimum atomic E-state index is -3.82. The Labute approximate surface area is 372 Å². The monoisotopic (exact) mass is 974 g/mol. The maximum atomic E-state index is 12.9. The number of benzene rings is 4. The van der Waals surface area contributed by atoms with E-state index >= 15 is 0 Å². The lowest BCUT2D eigenvalue weighted by Crippen LogP contribution is -2.40. The van der Waals surface area contributed by atoms with Crippen LogP contribution in [0.2, 0.25) is 0 Å². The predicted molar refractivity (Wildman–Crippen MR) is 248 cm³/mol. The van der Waals surface area contributed by atoms with Gasteiger partial charge in [0, 0.05) is 69.6 Å². The number of aromatic nitrogens is 2. The van der Waals surface area contributed by atoms with E-state index in [1.807, 2.05) is 0 Å². The molecule has 326 valence electrons. The van der Waals surface area contributed by atoms with Gasteiger partial charge in [-0.3, -0.25) is 20.2 Å². The number of nitrogens with one attached hydrogen (secondary N) is 2. The number of halogens is 1. The van der Waals surface area contributed by atoms with Crippen molar-refractivity contribution < 1.29 is 26.7 Å². The lowest BCUT2D eigenvalue weighted by molar-refractivity contribution is -0.385. The molecule has 0 saturated heterocycles. The van der Waals surface area contributed by atoms with Crippen LogP contribution < -0.4 is 20.9 Å². The van der Waals surface area contributed by atoms with Crippen LogP contribution in [0.15, 0.2) is 111 Å². The number of hydrogen-bond donors (Lipinski definition) is 4. The van der Waals surface area contributed by atoms with Gasteiger partial charge in [-0.1, -0.05) is 19.6 Å². The molecule has 2 aromatic heterocycles. The molecule has 0 amide bonds. The Balaban J connectivity index is 0.000000263. The van der Waals surface area contributed by atoms with Gasteiger partial charge < -0.3 is 11.5 Å². The number of anilines is 2. The van der Waals surface area contributed by atoms with Gasteiger partial charge in [-0.25, -0.2) is 36.2 Å². The predicted octanol–water partition coefficient (Wildman–Crippen LogP) is 9.82. The van der Waals surface area contributed by atoms with E-state index < -0.39 is 41.0 Å². The first-order chi connectivity index (χ1) is 27.7. The van der Waals surface area contributed by atoms with E-state index in [4.69, 9.17) is 11.5 Å². The molecule has 21 heteroatoms. The lowest BCUT2D eigenvalue weighted by atomic mass is 10.1. The van der Waals surface area contributed by atoms with Gasteiger partial charge in [0.2, 0.25) is 20.0 Å². The van der Waals surface area contributed by atoms with Crippen LogP contribution in [0, 0.1) is 27.2 Å². The molecule has 6 aromatic rings. The van der Waals surface area contributed by atoms with Crippen LogP contribution in [-0.2, 0) is 20.0 Å². The fraction of sp³-hybridized carbons (Fsp3) is 0.250. The number of hydrogen-bond acceptors (Lipinski definition) is 14. The Morgan fingerprint density at radius 1 is 0.639 bits per heavy atom. The molecule has 0 aliphatic rings. The van der Waals surface area contributed by atoms with Crippen LogP contribution in [0.5, 0.6) is 0 Å². The molecule has 0 aliphatic carbocycles. The van der Waals surface area contributed by atoms with Crippen LogP contribution in [-0.4, -0.2) is 47.7 Å². The number of nitrogen functional groups attached to an aromatic ring is 2. The first-order valence-corrected chi connectivity index (χ1v) is 23.0. The molecule has 6 rings (SSSR count). The second kappa shape index (κ2) is 20.1. The molecular formula is C40H47BrN8O8S4. The molecule has 0 unspecified atom stereocenters. The number of thiazole rings is 2. The fourth-order valence-electron chi connectivity index (χ4n) is 5.16. The molecular weight excluding hydrogens is 929 g/mol. The van der Waals surface area contributed by atoms with Gasteiger partial charge in [-0.2, -0.15) is 0 Å². The van der Waals surface area contributed by atoms with Gasteiger partial charge in [-0.15, -0.1) is 22.7 Å². The van der Waals surface area contributed by atoms with Crippen LogP contribution in [0.25, 0.3) is 31.6 Å². The zero-order chi connectivity index (χ0) is 44.8. The van der Waals surface area contributed by atoms with Crippen LogP contribution >= 0.6 is 38.6 Å². The first kappa shape index (κ1) is 50.2. The maximum absolute atomic E-state index is 12.9. The van der Waals surface area contributed by atoms with Gasteiger partial charge in [0.25, 0.3) is 11.4 Å². The Hall–Kier alpha value is -5.16. The van der Waals surface area contributed by atoms with Crippen molar-refractivity contribution in [2.75, 3.05) is 11.5 Å². The Bertz CT molecular complexity index is 2710. The Morgan fingerprint density at radius 2 is 1.05 bits per heavy atom. The number of nitro benzene ring substituents is 2. The Morgan fingerprint density at radius 3 is 1.48 bits per heavy atom. The number of aryl methyl sites for hydroxylation is 1. The van der Waals surface area contributed by atoms with E-state index in [0.29, 0.717) is 37.9 Å². The number of non-ortho nitro benzene ring substituents is 2. The summed E-state index contributed by atoms with van der Waals surface area (Å²) in [6.45, 7) is 12.4. The molecule has 0 fully saturated rings. The SMILES string of the molecule is C.CC(C)(C)NS(=O)(=O)c1cc(N)ccc1-c1cnc(-c2ccc([N+](=O)[O-])cc2)s1.Cc1ccc(N)cc1S(=O)(=O)NC(C)(C)C.O=[N+]([O-])c1ccc(-c2ncc(Br)s2)cc1. The summed E-state index contributed by atoms with van der Waals surface area (Å²) in [7, 11) is -7.32. The van der Waals surface area contributed by atoms with E-state index in [1.165, 1.54) is 59.1 Å². The number of nitrogens with zero attached hydrogens (tertiary/aromatic N) is 4. The van der Waals surface area contributed by atoms with Crippen molar-refractivity contribution >= 4 is 81.4 Å². The van der Waals surface area contributed by atoms with Crippen LogP contribution in [0.1, 0.15) is 54.5 Å². The molecule has 4 aromatic carbocycles. The second-order valence-corrected chi connectivity index (χ2v) is 21.8. The standard InChI is InChI=1S/C19H20N4O4S2.C11H18N2O2S.C9H5BrN2O2S.CH4/c1-19(2,3)22-29(26,27)17-10-13(20)6-9-15(17)16-11-21-18(28-16)12-4-7-14(8-5-12)23(24)25;1-8-5-6-9(12)7-10(8)16(14,15)13-11(2,3)4;10-8-5-11-9(15-8)6-1-3-7(4-2-6)12(13)14;/h4-11,22H,20H2,1-3H3;5-7,13H,12H2,1-4H3;1-5H;1H4. The third-order valence-electron chi connectivity index (χ3n) is 7.58. The van der Waals surface area contributed by atoms with Crippen molar-refractivity contribution in [3.8, 4) is 31.6 Å². The first-order valence-electron chi connectivity index (χ1n) is 17.7. The number of sulfonamides is 2. The number of nitro groups is 2. The summed E-state index contributed by atoms with van der Waals surface area (Å²) in [4.78, 5) is 29.9. The quantitative estimate of drug-likeness (QED) is 0.0600. The summed E-state index contributed by atoms with van der Waals surface area (Å²) in [6.07, 6.45) is 3.30. The largest absolute Gasteiger partial charge is 0.399 e. The van der Waals surface area contributed by atoms with Gasteiger partial charge in [0.1, 0.15) is 10.0 Å². The van der Waals surface area contributed by atoms with Gasteiger partial charge in [0.05, 0.1) is 34.5 Å². The van der Waals surface area contributed by atoms with Gasteiger partial charge in [-0.05, 0) is 118 Å². The maximum Gasteiger partial charge on any atom is 0.269 e. The molecule has 0 aliphatic heterocycles. The molecule has 0 spiro atoms. The van der Waals surface area contributed by atoms with E-state index in [0.717, 1.165) is 14.4 Å². The molecule has 16 nitrogen and oxygen atoms in total. The fourth-order valence-corrected chi connectivity index (χ4v) is 10.8. The zero-order valence-corrected chi connectivity index (χ0v) is 38.3. The molecule has 0 saturated carbocycles. The Kier molecular flexibility index (Phi) is 16.6. The topological polar surface area (TPSA) is 256 Å². The molecule has 2 heterocycles. The summed E-state index contributed by atoms with van der Waals surface area (Å²) in [5.41, 5.74) is 13.9. The van der Waals surface area contributed by atoms with Crippen molar-refractivity contribution in [1.29, 1.82) is 0 Å². The third kappa shape index (κ3) is 14.5. The summed E-state index contributed by atoms with van der Waals surface area (Å²) < 4.78 is 56.1. The summed E-state index contributed by atoms with van der Waals surface area (Å²) in [5, 5.41) is 22.7. The van der Waals surface area contributed by atoms with E-state index in [-0.39, 0.29) is 28.6 Å². The van der Waals surface area contributed by atoms with E-state index in [1.54, 1.807) is 109 Å². The molecule has 0 atom stereocenters. The average Bonchev–Trinajstić information content (AvgIpc) is 3.81. The highest BCUT2D eigenvalue weighted by molar-refractivity contribution is 9.11. The van der Waals surface area contributed by atoms with Crippen molar-refractivity contribution in [2.45, 2.75) is 76.8 Å². The summed E-state index contributed by atoms with van der Waals surface area (Å²) >= 11 is 6.10. The normalized spacial score (nSPS) is 11.6. The average molecular weight is 976 g/mol. The minimum absolute atomic E-state index is 0. The highest BCUT2D eigenvalue weighted by Crippen LogP contribution is 2.37. The van der Waals surface area contributed by atoms with Crippen molar-refractivity contribution in [3.05, 3.63) is 127 Å². The van der Waals surface area contributed by atoms with Gasteiger partial charge in [0.15, 0.2) is 0 Å². The molecule has 0 bridgehead atoms. The summed E-state index contributed by atoms with van der Waals surface area (Å²) in [6, 6.07) is 22.0. The van der Waals surface area contributed by atoms with Crippen LogP contribution in [0.3, 0.4) is 0 Å². The highest BCUT2D eigenvalue weighted by atomic mass is 79.9. The molecule has 6 N–H and O–H groups in total. The number of nitrogens with two attached hydrogens (primary N) is 2. The number of rotatable bonds is 9. The summed E-state index contributed by atoms with van der Waals surface area (Å²) in [5.74, 6) is 0. The van der Waals surface area contributed by atoms with Crippen molar-refractivity contribution in [1.82, 2.24) is 19.4 Å². The van der Waals surface area contributed by atoms with E-state index in [9.17, 15) is 37.1 Å². The van der Waals surface area contributed by atoms with Crippen LogP contribution in [0.4, 0.5) is 22.7 Å². The lowest BCUT2D eigenvalue weighted by Gasteiger charge is -2.21. The minimum Gasteiger partial charge on any atom is -0.399 e. The smallest absolute Gasteiger partial charge is 0.269 e. The molecule has 0 radical (unpaired) electrons. The molecule has 61 heavy (non-hydrogen) atoms.